The minimum absolute atomic E-state index is 0.0214. The van der Waals surface area contributed by atoms with E-state index in [9.17, 15) is 18.8 Å². The monoisotopic (exact) mass is 396 g/mol. The first-order valence-electron chi connectivity index (χ1n) is 7.54. The highest BCUT2D eigenvalue weighted by Crippen LogP contribution is 2.31. The Labute approximate surface area is 154 Å². The smallest absolute Gasteiger partial charge is 0.233 e. The van der Waals surface area contributed by atoms with E-state index in [2.05, 4.69) is 0 Å². The van der Waals surface area contributed by atoms with Crippen molar-refractivity contribution in [3.8, 4) is 0 Å². The molecule has 0 spiro atoms. The van der Waals surface area contributed by atoms with E-state index in [0.29, 0.717) is 9.94 Å². The van der Waals surface area contributed by atoms with Gasteiger partial charge in [-0.3, -0.25) is 10.0 Å². The van der Waals surface area contributed by atoms with Gasteiger partial charge in [-0.2, -0.15) is 4.55 Å². The van der Waals surface area contributed by atoms with Gasteiger partial charge >= 0.3 is 0 Å². The summed E-state index contributed by atoms with van der Waals surface area (Å²) in [5.74, 6) is -0.238. The number of aryl methyl sites for hydroxylation is 1. The Kier molecular flexibility index (Phi) is 5.35. The molecule has 0 aliphatic heterocycles. The Bertz CT molecular complexity index is 933. The molecule has 132 valence electrons. The standard InChI is InChI=1S/C17H17NO4S3/c1-12-4-6-24-17(12)15(18(20)11-19)10-25(21,22)9-13-2-3-16-14(8-13)5-7-23-16/h2-8,11,15,20H,9-10H2,1H3/p+1/t15-/m1/s1. The van der Waals surface area contributed by atoms with Gasteiger partial charge in [-0.05, 0) is 52.9 Å². The average Bonchev–Trinajstić information content (AvgIpc) is 3.19. The molecule has 0 aliphatic rings. The lowest BCUT2D eigenvalue weighted by molar-refractivity contribution is -0.158. The minimum Gasteiger partial charge on any atom is -0.285 e. The Morgan fingerprint density at radius 1 is 1.24 bits per heavy atom. The topological polar surface area (TPSA) is 77.8 Å². The summed E-state index contributed by atoms with van der Waals surface area (Å²) in [4.78, 5) is 11.7. The highest BCUT2D eigenvalue weighted by molar-refractivity contribution is 7.97. The quantitative estimate of drug-likeness (QED) is 0.270. The molecule has 3 aromatic rings. The van der Waals surface area contributed by atoms with Crippen LogP contribution in [-0.4, -0.2) is 27.0 Å². The van der Waals surface area contributed by atoms with Crippen LogP contribution in [0.2, 0.25) is 0 Å². The van der Waals surface area contributed by atoms with Crippen molar-refractivity contribution >= 4 is 49.4 Å². The van der Waals surface area contributed by atoms with Crippen LogP contribution in [0.4, 0.5) is 0 Å². The number of carbonyl (C=O) groups is 1. The Hall–Kier alpha value is -1.58. The van der Waals surface area contributed by atoms with Gasteiger partial charge < -0.3 is 0 Å². The second kappa shape index (κ2) is 7.35. The summed E-state index contributed by atoms with van der Waals surface area (Å²) in [6.07, 6.45) is 0.275. The zero-order chi connectivity index (χ0) is 18.0. The van der Waals surface area contributed by atoms with Crippen LogP contribution in [0.25, 0.3) is 10.1 Å². The molecule has 0 saturated carbocycles. The van der Waals surface area contributed by atoms with Crippen molar-refractivity contribution in [3.05, 3.63) is 57.1 Å². The van der Waals surface area contributed by atoms with E-state index in [1.54, 1.807) is 11.3 Å². The third-order valence-electron chi connectivity index (χ3n) is 3.96. The largest absolute Gasteiger partial charge is 0.285 e. The first kappa shape index (κ1) is 18.2. The third-order valence-corrected chi connectivity index (χ3v) is 7.60. The van der Waals surface area contributed by atoms with Crippen molar-refractivity contribution in [1.82, 2.24) is 5.06 Å². The number of amides is 1. The first-order chi connectivity index (χ1) is 11.9. The van der Waals surface area contributed by atoms with Crippen LogP contribution < -0.4 is 0 Å². The van der Waals surface area contributed by atoms with E-state index in [1.807, 2.05) is 48.0 Å². The van der Waals surface area contributed by atoms with E-state index in [4.69, 9.17) is 0 Å². The van der Waals surface area contributed by atoms with Crippen LogP contribution in [0.1, 0.15) is 22.0 Å². The van der Waals surface area contributed by atoms with Crippen molar-refractivity contribution in [1.29, 1.82) is 0 Å². The fraction of sp³-hybridized carbons (Fsp3) is 0.235. The van der Waals surface area contributed by atoms with E-state index >= 15 is 0 Å². The number of benzene rings is 1. The molecule has 3 rings (SSSR count). The maximum Gasteiger partial charge on any atom is 0.233 e. The summed E-state index contributed by atoms with van der Waals surface area (Å²) in [5, 5.41) is 15.2. The lowest BCUT2D eigenvalue weighted by atomic mass is 10.2. The number of carbonyl (C=O) groups excluding carboxylic acids is 1. The summed E-state index contributed by atoms with van der Waals surface area (Å²) in [6, 6.07) is 8.69. The molecule has 2 N–H and O–H groups in total. The van der Waals surface area contributed by atoms with E-state index in [-0.39, 0.29) is 17.9 Å². The van der Waals surface area contributed by atoms with Gasteiger partial charge in [-0.15, -0.1) is 22.7 Å². The van der Waals surface area contributed by atoms with Gasteiger partial charge in [0, 0.05) is 15.1 Å². The summed E-state index contributed by atoms with van der Waals surface area (Å²) in [5.41, 5.74) is 1.64. The fourth-order valence-corrected chi connectivity index (χ4v) is 6.27. The Balaban J connectivity index is 1.83. The molecule has 5 nitrogen and oxygen atoms in total. The van der Waals surface area contributed by atoms with Crippen molar-refractivity contribution in [2.75, 3.05) is 5.75 Å². The highest BCUT2D eigenvalue weighted by atomic mass is 32.3. The van der Waals surface area contributed by atoms with E-state index in [0.717, 1.165) is 21.2 Å². The van der Waals surface area contributed by atoms with Crippen LogP contribution >= 0.6 is 22.7 Å². The molecule has 2 atom stereocenters. The van der Waals surface area contributed by atoms with E-state index in [1.165, 1.54) is 11.3 Å². The van der Waals surface area contributed by atoms with Crippen molar-refractivity contribution in [2.45, 2.75) is 18.7 Å². The highest BCUT2D eigenvalue weighted by Gasteiger charge is 2.36. The number of hydroxylamine groups is 2. The number of rotatable bonds is 7. The number of hydrogen-bond donors (Lipinski definition) is 2. The SMILES string of the molecule is Cc1ccsc1[C@@H](C[S+](=O)(O)Cc1ccc2sccc2c1)N(O)C=O. The predicted octanol–water partition coefficient (Wildman–Crippen LogP) is 4.33. The minimum atomic E-state index is -3.28. The molecule has 0 fully saturated rings. The van der Waals surface area contributed by atoms with Crippen LogP contribution in [0.15, 0.2) is 41.1 Å². The number of thiophene rings is 2. The Morgan fingerprint density at radius 3 is 2.68 bits per heavy atom. The van der Waals surface area contributed by atoms with Crippen LogP contribution in [0, 0.1) is 6.92 Å². The molecule has 1 unspecified atom stereocenters. The van der Waals surface area contributed by atoms with E-state index < -0.39 is 16.3 Å². The molecule has 2 aromatic heterocycles. The van der Waals surface area contributed by atoms with Crippen molar-refractivity contribution < 1.29 is 18.8 Å². The Morgan fingerprint density at radius 2 is 2.00 bits per heavy atom. The summed E-state index contributed by atoms with van der Waals surface area (Å²) >= 11 is 2.98. The predicted molar refractivity (Wildman–Crippen MR) is 103 cm³/mol. The van der Waals surface area contributed by atoms with Gasteiger partial charge in [-0.1, -0.05) is 10.3 Å². The normalized spacial score (nSPS) is 15.0. The molecular formula is C17H18NO4S3+. The molecule has 0 radical (unpaired) electrons. The molecule has 0 aliphatic carbocycles. The lowest BCUT2D eigenvalue weighted by Gasteiger charge is -2.21. The van der Waals surface area contributed by atoms with Crippen molar-refractivity contribution in [2.24, 2.45) is 0 Å². The summed E-state index contributed by atoms with van der Waals surface area (Å²) in [7, 11) is -3.28. The van der Waals surface area contributed by atoms with Gasteiger partial charge in [0.25, 0.3) is 0 Å². The molecular weight excluding hydrogens is 378 g/mol. The molecule has 2 heterocycles. The summed E-state index contributed by atoms with van der Waals surface area (Å²) in [6.45, 7) is 1.85. The number of nitrogens with zero attached hydrogens (tertiary/aromatic N) is 1. The number of hydrogen-bond acceptors (Lipinski definition) is 5. The molecule has 25 heavy (non-hydrogen) atoms. The van der Waals surface area contributed by atoms with Crippen molar-refractivity contribution in [3.63, 3.8) is 0 Å². The molecule has 1 amide bonds. The first-order valence-corrected chi connectivity index (χ1v) is 11.2. The van der Waals surface area contributed by atoms with Gasteiger partial charge in [0.2, 0.25) is 16.6 Å². The third kappa shape index (κ3) is 4.16. The zero-order valence-corrected chi connectivity index (χ0v) is 15.9. The summed E-state index contributed by atoms with van der Waals surface area (Å²) < 4.78 is 24.4. The van der Waals surface area contributed by atoms with Crippen LogP contribution in [0.5, 0.6) is 0 Å². The van der Waals surface area contributed by atoms with Gasteiger partial charge in [0.15, 0.2) is 11.5 Å². The van der Waals surface area contributed by atoms with Gasteiger partial charge in [0.1, 0.15) is 6.04 Å². The number of fused-ring (bicyclic) bond motifs is 1. The molecule has 0 bridgehead atoms. The lowest BCUT2D eigenvalue weighted by Crippen LogP contribution is -2.32. The maximum absolute atomic E-state index is 12.8. The van der Waals surface area contributed by atoms with Gasteiger partial charge in [-0.25, -0.2) is 5.06 Å². The zero-order valence-electron chi connectivity index (χ0n) is 13.5. The maximum atomic E-state index is 12.8. The average molecular weight is 397 g/mol. The second-order valence-corrected chi connectivity index (χ2v) is 9.91. The second-order valence-electron chi connectivity index (χ2n) is 5.85. The molecule has 8 heteroatoms. The molecule has 1 aromatic carbocycles. The van der Waals surface area contributed by atoms with Crippen LogP contribution in [0.3, 0.4) is 0 Å². The van der Waals surface area contributed by atoms with Gasteiger partial charge in [0.05, 0.1) is 0 Å². The fourth-order valence-electron chi connectivity index (χ4n) is 2.74. The molecule has 0 saturated heterocycles. The van der Waals surface area contributed by atoms with Crippen LogP contribution in [-0.2, 0) is 25.0 Å².